The first-order chi connectivity index (χ1) is 8.81. The molecule has 0 saturated heterocycles. The lowest BCUT2D eigenvalue weighted by Gasteiger charge is -2.22. The van der Waals surface area contributed by atoms with Gasteiger partial charge in [0.1, 0.15) is 5.82 Å². The molecule has 0 saturated carbocycles. The van der Waals surface area contributed by atoms with Crippen LogP contribution in [0.5, 0.6) is 0 Å². The molecule has 0 aliphatic carbocycles. The highest BCUT2D eigenvalue weighted by molar-refractivity contribution is 5.59. The Bertz CT molecular complexity index is 530. The van der Waals surface area contributed by atoms with Crippen LogP contribution in [-0.4, -0.2) is 16.7 Å². The van der Waals surface area contributed by atoms with E-state index in [2.05, 4.69) is 16.3 Å². The van der Waals surface area contributed by atoms with Gasteiger partial charge in [-0.05, 0) is 24.3 Å². The fourth-order valence-corrected chi connectivity index (χ4v) is 1.63. The van der Waals surface area contributed by atoms with Gasteiger partial charge >= 0.3 is 0 Å². The van der Waals surface area contributed by atoms with Gasteiger partial charge < -0.3 is 10.6 Å². The maximum absolute atomic E-state index is 8.72. The molecule has 0 amide bonds. The van der Waals surface area contributed by atoms with Crippen LogP contribution in [0.2, 0.25) is 0 Å². The van der Waals surface area contributed by atoms with Gasteiger partial charge in [0.15, 0.2) is 5.82 Å². The minimum atomic E-state index is 0.382. The van der Waals surface area contributed by atoms with Crippen LogP contribution >= 0.6 is 0 Å². The maximum atomic E-state index is 8.72. The zero-order chi connectivity index (χ0) is 12.8. The molecule has 1 heterocycles. The lowest BCUT2D eigenvalue weighted by atomic mass is 10.2. The number of rotatable bonds is 4. The second kappa shape index (κ2) is 5.64. The van der Waals surface area contributed by atoms with Crippen LogP contribution in [0.25, 0.3) is 0 Å². The van der Waals surface area contributed by atoms with Gasteiger partial charge in [-0.3, -0.25) is 0 Å². The van der Waals surface area contributed by atoms with E-state index < -0.39 is 0 Å². The summed E-state index contributed by atoms with van der Waals surface area (Å²) >= 11 is 0. The topological polar surface area (TPSA) is 78.8 Å². The van der Waals surface area contributed by atoms with Crippen LogP contribution in [0.15, 0.2) is 42.5 Å². The predicted molar refractivity (Wildman–Crippen MR) is 70.1 cm³/mol. The molecule has 1 aromatic heterocycles. The number of nitrogen functional groups attached to an aromatic ring is 1. The van der Waals surface area contributed by atoms with E-state index in [1.54, 1.807) is 12.1 Å². The van der Waals surface area contributed by atoms with Crippen LogP contribution < -0.4 is 10.6 Å². The van der Waals surface area contributed by atoms with Crippen molar-refractivity contribution >= 4 is 17.3 Å². The fourth-order valence-electron chi connectivity index (χ4n) is 1.63. The smallest absolute Gasteiger partial charge is 0.155 e. The highest BCUT2D eigenvalue weighted by atomic mass is 15.3. The Labute approximate surface area is 105 Å². The Kier molecular flexibility index (Phi) is 3.72. The second-order valence-corrected chi connectivity index (χ2v) is 3.71. The Morgan fingerprint density at radius 3 is 2.50 bits per heavy atom. The van der Waals surface area contributed by atoms with Crippen LogP contribution in [-0.2, 0) is 0 Å². The Hall–Kier alpha value is -2.61. The average Bonchev–Trinajstić information content (AvgIpc) is 2.42. The number of anilines is 3. The van der Waals surface area contributed by atoms with Crippen molar-refractivity contribution in [3.8, 4) is 6.07 Å². The van der Waals surface area contributed by atoms with Crippen molar-refractivity contribution in [1.82, 2.24) is 10.2 Å². The van der Waals surface area contributed by atoms with Crippen molar-refractivity contribution in [1.29, 1.82) is 5.26 Å². The van der Waals surface area contributed by atoms with Crippen molar-refractivity contribution in [2.24, 2.45) is 0 Å². The van der Waals surface area contributed by atoms with Crippen molar-refractivity contribution < 1.29 is 0 Å². The number of nitrogens with two attached hydrogens (primary N) is 1. The zero-order valence-electron chi connectivity index (χ0n) is 9.82. The molecule has 0 aliphatic heterocycles. The Morgan fingerprint density at radius 2 is 1.89 bits per heavy atom. The van der Waals surface area contributed by atoms with E-state index in [1.807, 2.05) is 35.2 Å². The van der Waals surface area contributed by atoms with Crippen molar-refractivity contribution in [3.05, 3.63) is 42.5 Å². The number of aromatic nitrogens is 2. The van der Waals surface area contributed by atoms with E-state index in [4.69, 9.17) is 11.0 Å². The molecule has 0 spiro atoms. The number of hydrogen-bond acceptors (Lipinski definition) is 5. The molecule has 0 aliphatic rings. The number of benzene rings is 1. The first-order valence-electron chi connectivity index (χ1n) is 5.60. The summed E-state index contributed by atoms with van der Waals surface area (Å²) in [6.07, 6.45) is 0.418. The zero-order valence-corrected chi connectivity index (χ0v) is 9.82. The monoisotopic (exact) mass is 239 g/mol. The molecule has 0 bridgehead atoms. The van der Waals surface area contributed by atoms with Gasteiger partial charge in [0, 0.05) is 12.2 Å². The first-order valence-corrected chi connectivity index (χ1v) is 5.60. The van der Waals surface area contributed by atoms with Crippen LogP contribution in [0.4, 0.5) is 17.3 Å². The summed E-state index contributed by atoms with van der Waals surface area (Å²) in [7, 11) is 0. The second-order valence-electron chi connectivity index (χ2n) is 3.71. The number of nitrogens with zero attached hydrogens (tertiary/aromatic N) is 4. The van der Waals surface area contributed by atoms with E-state index in [0.29, 0.717) is 24.6 Å². The lowest BCUT2D eigenvalue weighted by Crippen LogP contribution is -2.19. The molecule has 90 valence electrons. The number of para-hydroxylation sites is 1. The standard InChI is InChI=1S/C13H13N5/c14-9-4-10-18(11-5-2-1-3-6-11)13-8-7-12(15)16-17-13/h1-3,5-8H,4,10H2,(H2,15,16). The van der Waals surface area contributed by atoms with E-state index in [9.17, 15) is 0 Å². The van der Waals surface area contributed by atoms with E-state index in [0.717, 1.165) is 5.69 Å². The fraction of sp³-hybridized carbons (Fsp3) is 0.154. The minimum Gasteiger partial charge on any atom is -0.382 e. The summed E-state index contributed by atoms with van der Waals surface area (Å²) in [5, 5.41) is 16.6. The third-order valence-corrected chi connectivity index (χ3v) is 2.46. The molecule has 2 N–H and O–H groups in total. The highest BCUT2D eigenvalue weighted by Gasteiger charge is 2.10. The molecule has 0 atom stereocenters. The molecule has 18 heavy (non-hydrogen) atoms. The van der Waals surface area contributed by atoms with E-state index in [-0.39, 0.29) is 0 Å². The summed E-state index contributed by atoms with van der Waals surface area (Å²) in [5.41, 5.74) is 6.50. The average molecular weight is 239 g/mol. The summed E-state index contributed by atoms with van der Waals surface area (Å²) in [5.74, 6) is 1.07. The van der Waals surface area contributed by atoms with Crippen molar-refractivity contribution in [2.45, 2.75) is 6.42 Å². The number of hydrogen-bond donors (Lipinski definition) is 1. The van der Waals surface area contributed by atoms with Crippen LogP contribution in [0.1, 0.15) is 6.42 Å². The van der Waals surface area contributed by atoms with E-state index >= 15 is 0 Å². The normalized spacial score (nSPS) is 9.72. The van der Waals surface area contributed by atoms with Crippen LogP contribution in [0, 0.1) is 11.3 Å². The summed E-state index contributed by atoms with van der Waals surface area (Å²) in [4.78, 5) is 1.94. The predicted octanol–water partition coefficient (Wildman–Crippen LogP) is 2.11. The molecule has 0 unspecified atom stereocenters. The van der Waals surface area contributed by atoms with Crippen molar-refractivity contribution in [3.63, 3.8) is 0 Å². The number of nitriles is 1. The molecule has 5 nitrogen and oxygen atoms in total. The lowest BCUT2D eigenvalue weighted by molar-refractivity contribution is 0.897. The molecular weight excluding hydrogens is 226 g/mol. The molecule has 2 aromatic rings. The summed E-state index contributed by atoms with van der Waals surface area (Å²) < 4.78 is 0. The molecular formula is C13H13N5. The highest BCUT2D eigenvalue weighted by Crippen LogP contribution is 2.22. The Morgan fingerprint density at radius 1 is 1.11 bits per heavy atom. The van der Waals surface area contributed by atoms with Crippen LogP contribution in [0.3, 0.4) is 0 Å². The van der Waals surface area contributed by atoms with Gasteiger partial charge in [-0.25, -0.2) is 0 Å². The minimum absolute atomic E-state index is 0.382. The summed E-state index contributed by atoms with van der Waals surface area (Å²) in [6.45, 7) is 0.569. The van der Waals surface area contributed by atoms with Crippen molar-refractivity contribution in [2.75, 3.05) is 17.2 Å². The third kappa shape index (κ3) is 2.74. The molecule has 0 radical (unpaired) electrons. The SMILES string of the molecule is N#CCCN(c1ccccc1)c1ccc(N)nn1. The Balaban J connectivity index is 2.31. The van der Waals surface area contributed by atoms with Gasteiger partial charge in [-0.15, -0.1) is 10.2 Å². The summed E-state index contributed by atoms with van der Waals surface area (Å²) in [6, 6.07) is 15.4. The van der Waals surface area contributed by atoms with Gasteiger partial charge in [0.25, 0.3) is 0 Å². The maximum Gasteiger partial charge on any atom is 0.155 e. The molecule has 2 rings (SSSR count). The van der Waals surface area contributed by atoms with Gasteiger partial charge in [0.05, 0.1) is 12.5 Å². The third-order valence-electron chi connectivity index (χ3n) is 2.46. The molecule has 5 heteroatoms. The first kappa shape index (κ1) is 11.9. The van der Waals surface area contributed by atoms with Gasteiger partial charge in [-0.1, -0.05) is 18.2 Å². The largest absolute Gasteiger partial charge is 0.382 e. The van der Waals surface area contributed by atoms with E-state index in [1.165, 1.54) is 0 Å². The molecule has 0 fully saturated rings. The van der Waals surface area contributed by atoms with Gasteiger partial charge in [-0.2, -0.15) is 5.26 Å². The van der Waals surface area contributed by atoms with Gasteiger partial charge in [0.2, 0.25) is 0 Å². The molecule has 1 aromatic carbocycles. The quantitative estimate of drug-likeness (QED) is 0.883.